The van der Waals surface area contributed by atoms with Crippen molar-refractivity contribution in [2.24, 2.45) is 0 Å². The number of methoxy groups -OCH3 is 1. The van der Waals surface area contributed by atoms with Gasteiger partial charge in [-0.25, -0.2) is 4.79 Å². The fourth-order valence-electron chi connectivity index (χ4n) is 2.46. The van der Waals surface area contributed by atoms with Crippen molar-refractivity contribution in [3.63, 3.8) is 0 Å². The molecule has 1 aliphatic rings. The SMILES string of the molecule is COc1ccc(N)cc1C(=O)OC1CCCCCC1. The Morgan fingerprint density at radius 3 is 2.53 bits per heavy atom. The second-order valence-corrected chi connectivity index (χ2v) is 4.98. The van der Waals surface area contributed by atoms with Crippen LogP contribution in [0.2, 0.25) is 0 Å². The molecule has 1 saturated carbocycles. The fourth-order valence-corrected chi connectivity index (χ4v) is 2.46. The molecule has 4 nitrogen and oxygen atoms in total. The molecule has 2 rings (SSSR count). The number of carbonyl (C=O) groups excluding carboxylic acids is 1. The zero-order valence-electron chi connectivity index (χ0n) is 11.4. The van der Waals surface area contributed by atoms with Crippen LogP contribution in [0.4, 0.5) is 5.69 Å². The summed E-state index contributed by atoms with van der Waals surface area (Å²) in [4.78, 5) is 12.2. The van der Waals surface area contributed by atoms with E-state index in [-0.39, 0.29) is 12.1 Å². The van der Waals surface area contributed by atoms with Gasteiger partial charge >= 0.3 is 5.97 Å². The van der Waals surface area contributed by atoms with Gasteiger partial charge in [-0.2, -0.15) is 0 Å². The lowest BCUT2D eigenvalue weighted by molar-refractivity contribution is 0.0264. The second-order valence-electron chi connectivity index (χ2n) is 4.98. The van der Waals surface area contributed by atoms with Crippen molar-refractivity contribution < 1.29 is 14.3 Å². The van der Waals surface area contributed by atoms with E-state index < -0.39 is 0 Å². The summed E-state index contributed by atoms with van der Waals surface area (Å²) in [5, 5.41) is 0. The number of hydrogen-bond acceptors (Lipinski definition) is 4. The van der Waals surface area contributed by atoms with E-state index in [1.165, 1.54) is 20.0 Å². The third-order valence-electron chi connectivity index (χ3n) is 3.52. The van der Waals surface area contributed by atoms with E-state index in [4.69, 9.17) is 15.2 Å². The van der Waals surface area contributed by atoms with E-state index in [2.05, 4.69) is 0 Å². The summed E-state index contributed by atoms with van der Waals surface area (Å²) in [6.07, 6.45) is 6.66. The van der Waals surface area contributed by atoms with Gasteiger partial charge in [-0.3, -0.25) is 0 Å². The summed E-state index contributed by atoms with van der Waals surface area (Å²) in [6.45, 7) is 0. The number of carbonyl (C=O) groups is 1. The maximum atomic E-state index is 12.2. The molecule has 1 aromatic carbocycles. The van der Waals surface area contributed by atoms with Gasteiger partial charge in [-0.05, 0) is 43.9 Å². The Labute approximate surface area is 113 Å². The zero-order chi connectivity index (χ0) is 13.7. The summed E-state index contributed by atoms with van der Waals surface area (Å²) in [7, 11) is 1.54. The average molecular weight is 263 g/mol. The van der Waals surface area contributed by atoms with Gasteiger partial charge in [-0.15, -0.1) is 0 Å². The lowest BCUT2D eigenvalue weighted by Crippen LogP contribution is -2.18. The molecule has 0 radical (unpaired) electrons. The van der Waals surface area contributed by atoms with Crippen molar-refractivity contribution in [2.45, 2.75) is 44.6 Å². The molecule has 1 fully saturated rings. The van der Waals surface area contributed by atoms with Crippen molar-refractivity contribution in [3.8, 4) is 5.75 Å². The van der Waals surface area contributed by atoms with Gasteiger partial charge in [0, 0.05) is 5.69 Å². The van der Waals surface area contributed by atoms with Crippen molar-refractivity contribution in [3.05, 3.63) is 23.8 Å². The van der Waals surface area contributed by atoms with Gasteiger partial charge in [0.2, 0.25) is 0 Å². The molecule has 0 aromatic heterocycles. The number of esters is 1. The number of hydrogen-bond donors (Lipinski definition) is 1. The lowest BCUT2D eigenvalue weighted by atomic mass is 10.1. The van der Waals surface area contributed by atoms with Crippen molar-refractivity contribution in [2.75, 3.05) is 12.8 Å². The van der Waals surface area contributed by atoms with Crippen LogP contribution in [0.25, 0.3) is 0 Å². The van der Waals surface area contributed by atoms with E-state index in [9.17, 15) is 4.79 Å². The highest BCUT2D eigenvalue weighted by Gasteiger charge is 2.20. The zero-order valence-corrected chi connectivity index (χ0v) is 11.4. The van der Waals surface area contributed by atoms with Gasteiger partial charge in [0.1, 0.15) is 17.4 Å². The molecule has 0 aliphatic heterocycles. The van der Waals surface area contributed by atoms with Gasteiger partial charge in [0.15, 0.2) is 0 Å². The summed E-state index contributed by atoms with van der Waals surface area (Å²) >= 11 is 0. The Kier molecular flexibility index (Phi) is 4.66. The molecule has 1 aromatic rings. The second kappa shape index (κ2) is 6.45. The number of nitrogens with two attached hydrogens (primary N) is 1. The van der Waals surface area contributed by atoms with Gasteiger partial charge in [0.25, 0.3) is 0 Å². The van der Waals surface area contributed by atoms with Crippen molar-refractivity contribution in [1.29, 1.82) is 0 Å². The summed E-state index contributed by atoms with van der Waals surface area (Å²) in [6, 6.07) is 5.01. The normalized spacial score (nSPS) is 16.7. The number of anilines is 1. The molecule has 0 unspecified atom stereocenters. The quantitative estimate of drug-likeness (QED) is 0.517. The largest absolute Gasteiger partial charge is 0.496 e. The molecular formula is C15H21NO3. The summed E-state index contributed by atoms with van der Waals surface area (Å²) < 4.78 is 10.8. The topological polar surface area (TPSA) is 61.5 Å². The first kappa shape index (κ1) is 13.7. The number of ether oxygens (including phenoxy) is 2. The van der Waals surface area contributed by atoms with E-state index in [1.54, 1.807) is 18.2 Å². The molecule has 0 saturated heterocycles. The Bertz CT molecular complexity index is 437. The molecular weight excluding hydrogens is 242 g/mol. The van der Waals surface area contributed by atoms with Crippen molar-refractivity contribution in [1.82, 2.24) is 0 Å². The third-order valence-corrected chi connectivity index (χ3v) is 3.52. The molecule has 19 heavy (non-hydrogen) atoms. The summed E-state index contributed by atoms with van der Waals surface area (Å²) in [5.41, 5.74) is 6.66. The van der Waals surface area contributed by atoms with Crippen LogP contribution in [0.15, 0.2) is 18.2 Å². The molecule has 0 spiro atoms. The predicted molar refractivity (Wildman–Crippen MR) is 74.3 cm³/mol. The minimum absolute atomic E-state index is 0.0288. The van der Waals surface area contributed by atoms with Crippen LogP contribution in [0.5, 0.6) is 5.75 Å². The molecule has 0 amide bonds. The highest BCUT2D eigenvalue weighted by atomic mass is 16.5. The smallest absolute Gasteiger partial charge is 0.342 e. The van der Waals surface area contributed by atoms with Crippen LogP contribution < -0.4 is 10.5 Å². The van der Waals surface area contributed by atoms with Crippen LogP contribution in [-0.2, 0) is 4.74 Å². The molecule has 0 heterocycles. The standard InChI is InChI=1S/C15H21NO3/c1-18-14-9-8-11(16)10-13(14)15(17)19-12-6-4-2-3-5-7-12/h8-10,12H,2-7,16H2,1H3. The molecule has 104 valence electrons. The Balaban J connectivity index is 2.08. The highest BCUT2D eigenvalue weighted by Crippen LogP contribution is 2.25. The van der Waals surface area contributed by atoms with Crippen LogP contribution in [0.1, 0.15) is 48.9 Å². The molecule has 0 bridgehead atoms. The minimum atomic E-state index is -0.337. The fraction of sp³-hybridized carbons (Fsp3) is 0.533. The predicted octanol–water partition coefficient (Wildman–Crippen LogP) is 3.16. The highest BCUT2D eigenvalue weighted by molar-refractivity contribution is 5.93. The maximum Gasteiger partial charge on any atom is 0.342 e. The first-order chi connectivity index (χ1) is 9.20. The molecule has 1 aliphatic carbocycles. The Morgan fingerprint density at radius 1 is 1.21 bits per heavy atom. The van der Waals surface area contributed by atoms with Gasteiger partial charge < -0.3 is 15.2 Å². The Morgan fingerprint density at radius 2 is 1.89 bits per heavy atom. The monoisotopic (exact) mass is 263 g/mol. The number of nitrogen functional groups attached to an aromatic ring is 1. The average Bonchev–Trinajstić information content (AvgIpc) is 2.67. The van der Waals surface area contributed by atoms with E-state index >= 15 is 0 Å². The van der Waals surface area contributed by atoms with E-state index in [1.807, 2.05) is 0 Å². The minimum Gasteiger partial charge on any atom is -0.496 e. The number of rotatable bonds is 3. The van der Waals surface area contributed by atoms with Gasteiger partial charge in [0.05, 0.1) is 7.11 Å². The summed E-state index contributed by atoms with van der Waals surface area (Å²) in [5.74, 6) is 0.170. The lowest BCUT2D eigenvalue weighted by Gasteiger charge is -2.16. The van der Waals surface area contributed by atoms with Crippen LogP contribution >= 0.6 is 0 Å². The van der Waals surface area contributed by atoms with Crippen molar-refractivity contribution >= 4 is 11.7 Å². The molecule has 0 atom stereocenters. The molecule has 4 heteroatoms. The first-order valence-corrected chi connectivity index (χ1v) is 6.85. The van der Waals surface area contributed by atoms with Gasteiger partial charge in [-0.1, -0.05) is 12.8 Å². The third kappa shape index (κ3) is 3.63. The van der Waals surface area contributed by atoms with E-state index in [0.717, 1.165) is 25.7 Å². The van der Waals surface area contributed by atoms with Crippen LogP contribution in [0.3, 0.4) is 0 Å². The first-order valence-electron chi connectivity index (χ1n) is 6.85. The number of benzene rings is 1. The molecule has 2 N–H and O–H groups in total. The maximum absolute atomic E-state index is 12.2. The van der Waals surface area contributed by atoms with Crippen LogP contribution in [0, 0.1) is 0 Å². The van der Waals surface area contributed by atoms with E-state index in [0.29, 0.717) is 17.0 Å². The Hall–Kier alpha value is -1.71. The van der Waals surface area contributed by atoms with Crippen LogP contribution in [-0.4, -0.2) is 19.2 Å².